The van der Waals surface area contributed by atoms with Gasteiger partial charge in [-0.05, 0) is 53.5 Å². The van der Waals surface area contributed by atoms with E-state index in [1.165, 1.54) is 5.56 Å². The Morgan fingerprint density at radius 1 is 0.964 bits per heavy atom. The molecule has 0 atom stereocenters. The van der Waals surface area contributed by atoms with E-state index in [1.54, 1.807) is 0 Å². The molecule has 2 aromatic rings. The second-order valence-corrected chi connectivity index (χ2v) is 8.02. The summed E-state index contributed by atoms with van der Waals surface area (Å²) >= 11 is 0. The summed E-state index contributed by atoms with van der Waals surface area (Å²) in [6.07, 6.45) is 2.54. The number of aryl methyl sites for hydroxylation is 2. The summed E-state index contributed by atoms with van der Waals surface area (Å²) in [4.78, 5) is 12.3. The van der Waals surface area contributed by atoms with Crippen LogP contribution in [0.25, 0.3) is 0 Å². The molecule has 0 radical (unpaired) electrons. The number of carbonyl (C=O) groups excluding carboxylic acids is 1. The Bertz CT molecular complexity index is 739. The van der Waals surface area contributed by atoms with E-state index in [4.69, 9.17) is 4.74 Å². The van der Waals surface area contributed by atoms with Crippen molar-refractivity contribution in [3.63, 3.8) is 0 Å². The van der Waals surface area contributed by atoms with E-state index in [0.29, 0.717) is 13.2 Å². The van der Waals surface area contributed by atoms with Gasteiger partial charge in [-0.15, -0.1) is 0 Å². The van der Waals surface area contributed by atoms with E-state index in [-0.39, 0.29) is 11.4 Å². The summed E-state index contributed by atoms with van der Waals surface area (Å²) in [5.41, 5.74) is 4.70. The molecule has 0 spiro atoms. The third-order valence-electron chi connectivity index (χ3n) is 4.83. The highest BCUT2D eigenvalue weighted by Gasteiger charge is 2.13. The van der Waals surface area contributed by atoms with Crippen molar-refractivity contribution in [2.75, 3.05) is 18.5 Å². The fraction of sp³-hybridized carbons (Fsp3) is 0.458. The van der Waals surface area contributed by atoms with Crippen molar-refractivity contribution in [2.24, 2.45) is 0 Å². The number of ether oxygens (including phenoxy) is 1. The van der Waals surface area contributed by atoms with Gasteiger partial charge in [-0.25, -0.2) is 4.79 Å². The molecule has 0 fully saturated rings. The molecule has 2 rings (SSSR count). The lowest BCUT2D eigenvalue weighted by molar-refractivity contribution is 0.250. The van der Waals surface area contributed by atoms with Crippen LogP contribution in [0.1, 0.15) is 57.7 Å². The number of carbonyl (C=O) groups is 1. The van der Waals surface area contributed by atoms with Gasteiger partial charge in [0.25, 0.3) is 0 Å². The second kappa shape index (κ2) is 10.2. The zero-order valence-electron chi connectivity index (χ0n) is 17.9. The number of hydrogen-bond donors (Lipinski definition) is 2. The Hall–Kier alpha value is -2.49. The van der Waals surface area contributed by atoms with Crippen molar-refractivity contribution in [2.45, 2.75) is 59.3 Å². The molecule has 0 aromatic heterocycles. The Morgan fingerprint density at radius 2 is 1.57 bits per heavy atom. The van der Waals surface area contributed by atoms with E-state index in [1.807, 2.05) is 18.2 Å². The molecule has 2 N–H and O–H groups in total. The van der Waals surface area contributed by atoms with Gasteiger partial charge in [0.05, 0.1) is 6.61 Å². The lowest BCUT2D eigenvalue weighted by Gasteiger charge is -2.19. The monoisotopic (exact) mass is 382 g/mol. The first-order valence-corrected chi connectivity index (χ1v) is 10.2. The van der Waals surface area contributed by atoms with Gasteiger partial charge in [0.15, 0.2) is 0 Å². The minimum absolute atomic E-state index is 0.143. The predicted molar refractivity (Wildman–Crippen MR) is 117 cm³/mol. The highest BCUT2D eigenvalue weighted by Crippen LogP contribution is 2.24. The van der Waals surface area contributed by atoms with Crippen molar-refractivity contribution in [1.29, 1.82) is 0 Å². The van der Waals surface area contributed by atoms with E-state index in [0.717, 1.165) is 41.8 Å². The van der Waals surface area contributed by atoms with Crippen molar-refractivity contribution in [3.05, 3.63) is 59.2 Å². The molecule has 2 amide bonds. The summed E-state index contributed by atoms with van der Waals surface area (Å²) in [5.74, 6) is 0.863. The Morgan fingerprint density at radius 3 is 2.11 bits per heavy atom. The van der Waals surface area contributed by atoms with Crippen LogP contribution >= 0.6 is 0 Å². The molecule has 28 heavy (non-hydrogen) atoms. The van der Waals surface area contributed by atoms with E-state index >= 15 is 0 Å². The summed E-state index contributed by atoms with van der Waals surface area (Å²) in [6, 6.07) is 14.2. The van der Waals surface area contributed by atoms with E-state index in [2.05, 4.69) is 69.5 Å². The first-order chi connectivity index (χ1) is 13.3. The maximum Gasteiger partial charge on any atom is 0.319 e. The standard InChI is InChI=1S/C24H34N2O2/c1-6-18-10-8-11-19(7-2)22(18)26-23(27)25-16-9-17-28-21-14-12-20(13-15-21)24(3,4)5/h8,10-15H,6-7,9,16-17H2,1-5H3,(H2,25,26,27). The number of para-hydroxylation sites is 1. The molecular formula is C24H34N2O2. The maximum atomic E-state index is 12.3. The summed E-state index contributed by atoms with van der Waals surface area (Å²) in [7, 11) is 0. The number of rotatable bonds is 8. The van der Waals surface area contributed by atoms with Gasteiger partial charge >= 0.3 is 6.03 Å². The van der Waals surface area contributed by atoms with Crippen LogP contribution in [-0.4, -0.2) is 19.2 Å². The zero-order valence-corrected chi connectivity index (χ0v) is 17.9. The van der Waals surface area contributed by atoms with Crippen LogP contribution in [0.2, 0.25) is 0 Å². The van der Waals surface area contributed by atoms with Crippen LogP contribution in [0.15, 0.2) is 42.5 Å². The number of anilines is 1. The molecule has 0 aliphatic carbocycles. The fourth-order valence-electron chi connectivity index (χ4n) is 3.08. The molecular weight excluding hydrogens is 348 g/mol. The number of amides is 2. The summed E-state index contributed by atoms with van der Waals surface area (Å²) < 4.78 is 5.78. The molecule has 0 bridgehead atoms. The SMILES string of the molecule is CCc1cccc(CC)c1NC(=O)NCCCOc1ccc(C(C)(C)C)cc1. The summed E-state index contributed by atoms with van der Waals surface area (Å²) in [5, 5.41) is 5.94. The van der Waals surface area contributed by atoms with Crippen molar-refractivity contribution >= 4 is 11.7 Å². The average molecular weight is 383 g/mol. The number of hydrogen-bond acceptors (Lipinski definition) is 2. The fourth-order valence-corrected chi connectivity index (χ4v) is 3.08. The predicted octanol–water partition coefficient (Wildman–Crippen LogP) is 5.70. The third-order valence-corrected chi connectivity index (χ3v) is 4.83. The first-order valence-electron chi connectivity index (χ1n) is 10.2. The lowest BCUT2D eigenvalue weighted by Crippen LogP contribution is -2.31. The van der Waals surface area contributed by atoms with Gasteiger partial charge in [-0.1, -0.05) is 65.0 Å². The van der Waals surface area contributed by atoms with Gasteiger partial charge in [0.1, 0.15) is 5.75 Å². The van der Waals surface area contributed by atoms with Crippen LogP contribution in [0.3, 0.4) is 0 Å². The molecule has 2 aromatic carbocycles. The summed E-state index contributed by atoms with van der Waals surface area (Å²) in [6.45, 7) is 11.9. The molecule has 0 aliphatic rings. The molecule has 0 heterocycles. The van der Waals surface area contributed by atoms with E-state index < -0.39 is 0 Å². The van der Waals surface area contributed by atoms with Crippen LogP contribution < -0.4 is 15.4 Å². The van der Waals surface area contributed by atoms with Gasteiger partial charge < -0.3 is 15.4 Å². The van der Waals surface area contributed by atoms with Gasteiger partial charge in [-0.3, -0.25) is 0 Å². The minimum atomic E-state index is -0.162. The van der Waals surface area contributed by atoms with Crippen LogP contribution in [0, 0.1) is 0 Å². The Labute approximate surface area is 169 Å². The van der Waals surface area contributed by atoms with Gasteiger partial charge in [0.2, 0.25) is 0 Å². The van der Waals surface area contributed by atoms with Crippen LogP contribution in [0.5, 0.6) is 5.75 Å². The highest BCUT2D eigenvalue weighted by molar-refractivity contribution is 5.91. The lowest BCUT2D eigenvalue weighted by atomic mass is 9.87. The van der Waals surface area contributed by atoms with Crippen LogP contribution in [0.4, 0.5) is 10.5 Å². The first kappa shape index (κ1) is 21.8. The quantitative estimate of drug-likeness (QED) is 0.575. The van der Waals surface area contributed by atoms with Gasteiger partial charge in [0, 0.05) is 12.2 Å². The molecule has 0 aliphatic heterocycles. The Balaban J connectivity index is 1.75. The molecule has 4 nitrogen and oxygen atoms in total. The van der Waals surface area contributed by atoms with Crippen molar-refractivity contribution < 1.29 is 9.53 Å². The van der Waals surface area contributed by atoms with Crippen molar-refractivity contribution in [3.8, 4) is 5.75 Å². The normalized spacial score (nSPS) is 11.2. The van der Waals surface area contributed by atoms with Crippen molar-refractivity contribution in [1.82, 2.24) is 5.32 Å². The molecule has 152 valence electrons. The molecule has 0 saturated heterocycles. The molecule has 0 saturated carbocycles. The molecule has 4 heteroatoms. The van der Waals surface area contributed by atoms with Crippen LogP contribution in [-0.2, 0) is 18.3 Å². The van der Waals surface area contributed by atoms with E-state index in [9.17, 15) is 4.79 Å². The number of urea groups is 1. The average Bonchev–Trinajstić information content (AvgIpc) is 2.67. The highest BCUT2D eigenvalue weighted by atomic mass is 16.5. The largest absolute Gasteiger partial charge is 0.494 e. The third kappa shape index (κ3) is 6.29. The maximum absolute atomic E-state index is 12.3. The number of benzene rings is 2. The number of nitrogens with one attached hydrogen (secondary N) is 2. The molecule has 0 unspecified atom stereocenters. The second-order valence-electron chi connectivity index (χ2n) is 8.02. The van der Waals surface area contributed by atoms with Gasteiger partial charge in [-0.2, -0.15) is 0 Å². The minimum Gasteiger partial charge on any atom is -0.494 e. The topological polar surface area (TPSA) is 50.4 Å². The zero-order chi connectivity index (χ0) is 20.6. The smallest absolute Gasteiger partial charge is 0.319 e. The Kier molecular flexibility index (Phi) is 7.91.